The molecule has 5 rings (SSSR count). The normalized spacial score (nSPS) is 13.2. The molecule has 33 heavy (non-hydrogen) atoms. The molecule has 0 atom stereocenters. The molecule has 0 saturated heterocycles. The van der Waals surface area contributed by atoms with Gasteiger partial charge in [-0.15, -0.1) is 0 Å². The number of amides is 1. The van der Waals surface area contributed by atoms with Crippen LogP contribution in [0.3, 0.4) is 0 Å². The number of aromatic nitrogens is 2. The number of rotatable bonds is 8. The third-order valence-electron chi connectivity index (χ3n) is 5.84. The fourth-order valence-electron chi connectivity index (χ4n) is 3.96. The van der Waals surface area contributed by atoms with Crippen LogP contribution in [-0.4, -0.2) is 32.2 Å². The summed E-state index contributed by atoms with van der Waals surface area (Å²) in [5.74, 6) is 0.336. The molecule has 4 aromatic rings. The molecule has 0 radical (unpaired) electrons. The Morgan fingerprint density at radius 1 is 0.909 bits per heavy atom. The van der Waals surface area contributed by atoms with E-state index in [0.717, 1.165) is 24.0 Å². The van der Waals surface area contributed by atoms with Crippen molar-refractivity contribution in [3.63, 3.8) is 0 Å². The van der Waals surface area contributed by atoms with Gasteiger partial charge in [0.05, 0.1) is 23.2 Å². The van der Waals surface area contributed by atoms with Crippen molar-refractivity contribution in [2.75, 3.05) is 5.75 Å². The molecule has 6 heteroatoms. The monoisotopic (exact) mass is 455 g/mol. The first-order chi connectivity index (χ1) is 16.2. The van der Waals surface area contributed by atoms with Gasteiger partial charge in [0, 0.05) is 12.6 Å². The van der Waals surface area contributed by atoms with Crippen molar-refractivity contribution in [2.45, 2.75) is 37.1 Å². The summed E-state index contributed by atoms with van der Waals surface area (Å²) < 4.78 is 1.69. The van der Waals surface area contributed by atoms with Crippen molar-refractivity contribution >= 4 is 28.6 Å². The molecule has 166 valence electrons. The van der Waals surface area contributed by atoms with Gasteiger partial charge in [-0.1, -0.05) is 84.6 Å². The Hall–Kier alpha value is -3.38. The molecular formula is C27H25N3O2S. The van der Waals surface area contributed by atoms with Crippen molar-refractivity contribution in [2.24, 2.45) is 0 Å². The fraction of sp³-hybridized carbons (Fsp3) is 0.222. The van der Waals surface area contributed by atoms with Gasteiger partial charge in [-0.25, -0.2) is 4.98 Å². The molecule has 5 nitrogen and oxygen atoms in total. The van der Waals surface area contributed by atoms with Crippen molar-refractivity contribution < 1.29 is 4.79 Å². The van der Waals surface area contributed by atoms with Gasteiger partial charge < -0.3 is 4.90 Å². The van der Waals surface area contributed by atoms with Crippen molar-refractivity contribution in [3.05, 3.63) is 106 Å². The second kappa shape index (κ2) is 9.63. The van der Waals surface area contributed by atoms with Crippen molar-refractivity contribution in [3.8, 4) is 0 Å². The molecule has 1 aliphatic rings. The zero-order valence-corrected chi connectivity index (χ0v) is 19.1. The van der Waals surface area contributed by atoms with E-state index in [1.165, 1.54) is 11.8 Å². The highest BCUT2D eigenvalue weighted by atomic mass is 32.2. The largest absolute Gasteiger partial charge is 0.335 e. The molecule has 3 aromatic carbocycles. The molecule has 0 aliphatic heterocycles. The summed E-state index contributed by atoms with van der Waals surface area (Å²) in [6.07, 6.45) is 2.10. The van der Waals surface area contributed by atoms with E-state index in [1.807, 2.05) is 71.6 Å². The minimum absolute atomic E-state index is 0.0808. The van der Waals surface area contributed by atoms with Gasteiger partial charge in [-0.05, 0) is 36.1 Å². The van der Waals surface area contributed by atoms with Gasteiger partial charge in [0.2, 0.25) is 5.91 Å². The lowest BCUT2D eigenvalue weighted by Crippen LogP contribution is -2.34. The van der Waals surface area contributed by atoms with Gasteiger partial charge in [0.1, 0.15) is 0 Å². The Kier molecular flexibility index (Phi) is 6.26. The standard InChI is InChI=1S/C27H25N3O2S/c31-25(29(22-15-16-22)17-20-9-3-1-4-10-20)19-33-27-28-24-14-8-7-13-23(24)26(32)30(27)18-21-11-5-2-6-12-21/h1-14,22H,15-19H2. The fourth-order valence-corrected chi connectivity index (χ4v) is 4.84. The van der Waals surface area contributed by atoms with Crippen LogP contribution in [0.25, 0.3) is 10.9 Å². The average molecular weight is 456 g/mol. The zero-order chi connectivity index (χ0) is 22.6. The highest BCUT2D eigenvalue weighted by Crippen LogP contribution is 2.30. The first-order valence-corrected chi connectivity index (χ1v) is 12.2. The molecule has 1 aliphatic carbocycles. The van der Waals surface area contributed by atoms with Crippen LogP contribution in [0, 0.1) is 0 Å². The van der Waals surface area contributed by atoms with E-state index in [4.69, 9.17) is 4.98 Å². The molecule has 1 fully saturated rings. The number of nitrogens with zero attached hydrogens (tertiary/aromatic N) is 3. The Balaban J connectivity index is 1.41. The first kappa shape index (κ1) is 21.5. The molecular weight excluding hydrogens is 430 g/mol. The second-order valence-corrected chi connectivity index (χ2v) is 9.26. The summed E-state index contributed by atoms with van der Waals surface area (Å²) in [6, 6.07) is 27.7. The maximum absolute atomic E-state index is 13.3. The van der Waals surface area contributed by atoms with Crippen LogP contribution in [0.1, 0.15) is 24.0 Å². The van der Waals surface area contributed by atoms with E-state index in [-0.39, 0.29) is 17.2 Å². The number of para-hydroxylation sites is 1. The Morgan fingerprint density at radius 3 is 2.24 bits per heavy atom. The smallest absolute Gasteiger partial charge is 0.262 e. The lowest BCUT2D eigenvalue weighted by Gasteiger charge is -2.23. The Labute approximate surface area is 197 Å². The maximum atomic E-state index is 13.3. The highest BCUT2D eigenvalue weighted by Gasteiger charge is 2.32. The Morgan fingerprint density at radius 2 is 1.55 bits per heavy atom. The number of fused-ring (bicyclic) bond motifs is 1. The van der Waals surface area contributed by atoms with Crippen LogP contribution >= 0.6 is 11.8 Å². The third-order valence-corrected chi connectivity index (χ3v) is 6.80. The topological polar surface area (TPSA) is 55.2 Å². The van der Waals surface area contributed by atoms with E-state index >= 15 is 0 Å². The van der Waals surface area contributed by atoms with Crippen LogP contribution in [0.5, 0.6) is 0 Å². The van der Waals surface area contributed by atoms with Gasteiger partial charge in [-0.3, -0.25) is 14.2 Å². The zero-order valence-electron chi connectivity index (χ0n) is 18.3. The highest BCUT2D eigenvalue weighted by molar-refractivity contribution is 7.99. The summed E-state index contributed by atoms with van der Waals surface area (Å²) in [5, 5.41) is 1.17. The first-order valence-electron chi connectivity index (χ1n) is 11.2. The average Bonchev–Trinajstić information content (AvgIpc) is 3.70. The molecule has 0 N–H and O–H groups in total. The second-order valence-electron chi connectivity index (χ2n) is 8.32. The van der Waals surface area contributed by atoms with Gasteiger partial charge in [0.15, 0.2) is 5.16 Å². The van der Waals surface area contributed by atoms with Crippen molar-refractivity contribution in [1.82, 2.24) is 14.5 Å². The molecule has 0 bridgehead atoms. The van der Waals surface area contributed by atoms with Crippen LogP contribution < -0.4 is 5.56 Å². The molecule has 1 amide bonds. The lowest BCUT2D eigenvalue weighted by molar-refractivity contribution is -0.129. The maximum Gasteiger partial charge on any atom is 0.262 e. The van der Waals surface area contributed by atoms with Crippen LogP contribution in [0.2, 0.25) is 0 Å². The summed E-state index contributed by atoms with van der Waals surface area (Å²) >= 11 is 1.35. The molecule has 0 unspecified atom stereocenters. The van der Waals surface area contributed by atoms with Crippen LogP contribution in [0.4, 0.5) is 0 Å². The van der Waals surface area contributed by atoms with Crippen molar-refractivity contribution in [1.29, 1.82) is 0 Å². The molecule has 1 aromatic heterocycles. The third kappa shape index (κ3) is 5.01. The van der Waals surface area contributed by atoms with E-state index in [1.54, 1.807) is 10.6 Å². The van der Waals surface area contributed by atoms with E-state index < -0.39 is 0 Å². The molecule has 1 saturated carbocycles. The Bertz CT molecular complexity index is 1320. The lowest BCUT2D eigenvalue weighted by atomic mass is 10.2. The van der Waals surface area contributed by atoms with E-state index in [9.17, 15) is 9.59 Å². The van der Waals surface area contributed by atoms with Gasteiger partial charge in [-0.2, -0.15) is 0 Å². The van der Waals surface area contributed by atoms with Gasteiger partial charge in [0.25, 0.3) is 5.56 Å². The van der Waals surface area contributed by atoms with E-state index in [0.29, 0.717) is 35.2 Å². The summed E-state index contributed by atoms with van der Waals surface area (Å²) in [7, 11) is 0. The van der Waals surface area contributed by atoms with E-state index in [2.05, 4.69) is 12.1 Å². The predicted octanol–water partition coefficient (Wildman–Crippen LogP) is 4.73. The SMILES string of the molecule is O=C(CSc1nc2ccccc2c(=O)n1Cc1ccccc1)N(Cc1ccccc1)C1CC1. The number of hydrogen-bond donors (Lipinski definition) is 0. The summed E-state index contributed by atoms with van der Waals surface area (Å²) in [5.41, 5.74) is 2.73. The van der Waals surface area contributed by atoms with Gasteiger partial charge >= 0.3 is 0 Å². The summed E-state index contributed by atoms with van der Waals surface area (Å²) in [6.45, 7) is 1.04. The van der Waals surface area contributed by atoms with Crippen LogP contribution in [-0.2, 0) is 17.9 Å². The minimum Gasteiger partial charge on any atom is -0.335 e. The molecule has 1 heterocycles. The minimum atomic E-state index is -0.0808. The number of hydrogen-bond acceptors (Lipinski definition) is 4. The number of benzene rings is 3. The predicted molar refractivity (Wildman–Crippen MR) is 132 cm³/mol. The molecule has 0 spiro atoms. The number of thioether (sulfide) groups is 1. The van der Waals surface area contributed by atoms with Crippen LogP contribution in [0.15, 0.2) is 94.9 Å². The number of carbonyl (C=O) groups excluding carboxylic acids is 1. The number of carbonyl (C=O) groups is 1. The summed E-state index contributed by atoms with van der Waals surface area (Å²) in [4.78, 5) is 33.3. The quantitative estimate of drug-likeness (QED) is 0.285.